The number of hydrogen-bond acceptors (Lipinski definition) is 3. The van der Waals surface area contributed by atoms with Gasteiger partial charge in [-0.1, -0.05) is 0 Å². The predicted octanol–water partition coefficient (Wildman–Crippen LogP) is 1.89. The molecule has 1 aromatic heterocycles. The third kappa shape index (κ3) is 3.61. The van der Waals surface area contributed by atoms with E-state index in [1.54, 1.807) is 12.5 Å². The molecule has 1 atom stereocenters. The maximum Gasteiger partial charge on any atom is 0.108 e. The number of rotatable bonds is 4. The molecule has 4 nitrogen and oxygen atoms in total. The summed E-state index contributed by atoms with van der Waals surface area (Å²) in [7, 11) is 0. The second-order valence-corrected chi connectivity index (χ2v) is 5.47. The average Bonchev–Trinajstić information content (AvgIpc) is 2.61. The van der Waals surface area contributed by atoms with Crippen molar-refractivity contribution < 1.29 is 5.11 Å². The first-order chi connectivity index (χ1) is 7.31. The molecule has 1 aromatic rings. The number of β-amino-alcohol motifs (C(OH)–C–C–N with tert-alkyl or cyclic N) is 1. The van der Waals surface area contributed by atoms with E-state index in [4.69, 9.17) is 0 Å². The number of hydrogen-bond donors (Lipinski definition) is 2. The minimum absolute atomic E-state index is 0.0175. The fourth-order valence-corrected chi connectivity index (χ4v) is 1.51. The molecule has 1 rings (SSSR count). The van der Waals surface area contributed by atoms with Gasteiger partial charge in [-0.3, -0.25) is 0 Å². The lowest BCUT2D eigenvalue weighted by Gasteiger charge is -2.24. The molecule has 0 amide bonds. The molecule has 0 aliphatic carbocycles. The number of imidazole rings is 1. The van der Waals surface area contributed by atoms with Gasteiger partial charge in [-0.25, -0.2) is 4.98 Å². The Kier molecular flexibility index (Phi) is 4.10. The van der Waals surface area contributed by atoms with Gasteiger partial charge in [-0.2, -0.15) is 0 Å². The Morgan fingerprint density at radius 3 is 2.56 bits per heavy atom. The number of nitrogens with zero attached hydrogens (tertiary/aromatic N) is 2. The zero-order valence-corrected chi connectivity index (χ0v) is 10.9. The highest BCUT2D eigenvalue weighted by molar-refractivity contribution is 5.04. The molecule has 92 valence electrons. The summed E-state index contributed by atoms with van der Waals surface area (Å²) < 4.78 is 2.00. The van der Waals surface area contributed by atoms with Crippen molar-refractivity contribution in [2.45, 2.75) is 52.3 Å². The van der Waals surface area contributed by atoms with Crippen molar-refractivity contribution in [3.8, 4) is 0 Å². The van der Waals surface area contributed by atoms with Crippen LogP contribution in [0, 0.1) is 0 Å². The topological polar surface area (TPSA) is 50.1 Å². The lowest BCUT2D eigenvalue weighted by Crippen LogP contribution is -2.38. The van der Waals surface area contributed by atoms with E-state index in [-0.39, 0.29) is 5.54 Å². The summed E-state index contributed by atoms with van der Waals surface area (Å²) in [5, 5.41) is 13.4. The van der Waals surface area contributed by atoms with Crippen molar-refractivity contribution in [3.05, 3.63) is 18.2 Å². The van der Waals surface area contributed by atoms with E-state index in [1.807, 2.05) is 4.57 Å². The Morgan fingerprint density at radius 1 is 1.44 bits per heavy atom. The van der Waals surface area contributed by atoms with Crippen LogP contribution in [-0.2, 0) is 0 Å². The molecule has 16 heavy (non-hydrogen) atoms. The molecular weight excluding hydrogens is 202 g/mol. The summed E-state index contributed by atoms with van der Waals surface area (Å²) >= 11 is 0. The normalized spacial score (nSPS) is 14.4. The van der Waals surface area contributed by atoms with Crippen molar-refractivity contribution in [2.24, 2.45) is 0 Å². The second-order valence-electron chi connectivity index (χ2n) is 5.47. The summed E-state index contributed by atoms with van der Waals surface area (Å²) in [6.07, 6.45) is 2.99. The zero-order chi connectivity index (χ0) is 12.3. The number of aromatic nitrogens is 2. The van der Waals surface area contributed by atoms with Crippen LogP contribution in [0.4, 0.5) is 0 Å². The summed E-state index contributed by atoms with van der Waals surface area (Å²) in [6.45, 7) is 10.9. The monoisotopic (exact) mass is 225 g/mol. The Balaban J connectivity index is 2.66. The Morgan fingerprint density at radius 2 is 2.06 bits per heavy atom. The van der Waals surface area contributed by atoms with E-state index >= 15 is 0 Å². The van der Waals surface area contributed by atoms with Crippen molar-refractivity contribution in [2.75, 3.05) is 6.54 Å². The van der Waals surface area contributed by atoms with Crippen molar-refractivity contribution >= 4 is 0 Å². The average molecular weight is 225 g/mol. The largest absolute Gasteiger partial charge is 0.385 e. The van der Waals surface area contributed by atoms with E-state index in [2.05, 4.69) is 44.9 Å². The van der Waals surface area contributed by atoms with Gasteiger partial charge in [0.05, 0.1) is 18.2 Å². The highest BCUT2D eigenvalue weighted by atomic mass is 16.3. The maximum atomic E-state index is 10.1. The van der Waals surface area contributed by atoms with Gasteiger partial charge >= 0.3 is 0 Å². The van der Waals surface area contributed by atoms with Crippen molar-refractivity contribution in [3.63, 3.8) is 0 Å². The van der Waals surface area contributed by atoms with E-state index in [9.17, 15) is 5.11 Å². The maximum absolute atomic E-state index is 10.1. The van der Waals surface area contributed by atoms with Crippen LogP contribution in [0.5, 0.6) is 0 Å². The summed E-state index contributed by atoms with van der Waals surface area (Å²) in [5.74, 6) is 0. The third-order valence-electron chi connectivity index (χ3n) is 2.42. The van der Waals surface area contributed by atoms with E-state index < -0.39 is 6.10 Å². The SMILES string of the molecule is CC(C)n1cncc1C(O)CNC(C)(C)C. The first-order valence-corrected chi connectivity index (χ1v) is 5.76. The fourth-order valence-electron chi connectivity index (χ4n) is 1.51. The Bertz CT molecular complexity index is 325. The second kappa shape index (κ2) is 4.97. The highest BCUT2D eigenvalue weighted by Gasteiger charge is 2.17. The molecule has 0 aliphatic rings. The van der Waals surface area contributed by atoms with Gasteiger partial charge in [0.2, 0.25) is 0 Å². The summed E-state index contributed by atoms with van der Waals surface area (Å²) in [5.41, 5.74) is 0.885. The standard InChI is InChI=1S/C12H23N3O/c1-9(2)15-8-13-6-10(15)11(16)7-14-12(3,4)5/h6,8-9,11,14,16H,7H2,1-5H3. The molecule has 0 aliphatic heterocycles. The van der Waals surface area contributed by atoms with E-state index in [0.717, 1.165) is 5.69 Å². The van der Waals surface area contributed by atoms with Gasteiger partial charge in [0.1, 0.15) is 6.10 Å². The van der Waals surface area contributed by atoms with E-state index in [0.29, 0.717) is 12.6 Å². The lowest BCUT2D eigenvalue weighted by molar-refractivity contribution is 0.153. The van der Waals surface area contributed by atoms with E-state index in [1.165, 1.54) is 0 Å². The Labute approximate surface area is 97.7 Å². The quantitative estimate of drug-likeness (QED) is 0.822. The number of nitrogens with one attached hydrogen (secondary N) is 1. The van der Waals surface area contributed by atoms with Gasteiger partial charge in [0.25, 0.3) is 0 Å². The molecule has 0 aromatic carbocycles. The van der Waals surface area contributed by atoms with Crippen LogP contribution >= 0.6 is 0 Å². The first kappa shape index (κ1) is 13.2. The van der Waals surface area contributed by atoms with Gasteiger partial charge in [0.15, 0.2) is 0 Å². The molecular formula is C12H23N3O. The third-order valence-corrected chi connectivity index (χ3v) is 2.42. The zero-order valence-electron chi connectivity index (χ0n) is 10.9. The van der Waals surface area contributed by atoms with Crippen LogP contribution in [-0.4, -0.2) is 26.7 Å². The first-order valence-electron chi connectivity index (χ1n) is 5.76. The minimum atomic E-state index is -0.510. The van der Waals surface area contributed by atoms with Crippen molar-refractivity contribution in [1.82, 2.24) is 14.9 Å². The van der Waals surface area contributed by atoms with Gasteiger partial charge in [-0.05, 0) is 34.6 Å². The van der Waals surface area contributed by atoms with Crippen LogP contribution in [0.1, 0.15) is 52.5 Å². The van der Waals surface area contributed by atoms with Gasteiger partial charge < -0.3 is 15.0 Å². The molecule has 1 unspecified atom stereocenters. The molecule has 0 saturated carbocycles. The summed E-state index contributed by atoms with van der Waals surface area (Å²) in [6, 6.07) is 0.321. The molecule has 2 N–H and O–H groups in total. The predicted molar refractivity (Wildman–Crippen MR) is 65.3 cm³/mol. The molecule has 0 fully saturated rings. The molecule has 4 heteroatoms. The van der Waals surface area contributed by atoms with Crippen molar-refractivity contribution in [1.29, 1.82) is 0 Å². The van der Waals surface area contributed by atoms with Gasteiger partial charge in [0, 0.05) is 18.1 Å². The number of aliphatic hydroxyl groups is 1. The fraction of sp³-hybridized carbons (Fsp3) is 0.750. The molecule has 0 spiro atoms. The molecule has 0 bridgehead atoms. The van der Waals surface area contributed by atoms with Crippen LogP contribution in [0.15, 0.2) is 12.5 Å². The van der Waals surface area contributed by atoms with Crippen LogP contribution in [0.25, 0.3) is 0 Å². The molecule has 0 radical (unpaired) electrons. The lowest BCUT2D eigenvalue weighted by atomic mass is 10.1. The Hall–Kier alpha value is -0.870. The van der Waals surface area contributed by atoms with Gasteiger partial charge in [-0.15, -0.1) is 0 Å². The molecule has 0 saturated heterocycles. The number of aliphatic hydroxyl groups excluding tert-OH is 1. The summed E-state index contributed by atoms with van der Waals surface area (Å²) in [4.78, 5) is 4.08. The molecule has 1 heterocycles. The van der Waals surface area contributed by atoms with Crippen LogP contribution < -0.4 is 5.32 Å². The highest BCUT2D eigenvalue weighted by Crippen LogP contribution is 2.17. The smallest absolute Gasteiger partial charge is 0.108 e. The van der Waals surface area contributed by atoms with Crippen LogP contribution in [0.2, 0.25) is 0 Å². The minimum Gasteiger partial charge on any atom is -0.385 e. The van der Waals surface area contributed by atoms with Crippen LogP contribution in [0.3, 0.4) is 0 Å².